The van der Waals surface area contributed by atoms with Crippen molar-refractivity contribution >= 4 is 10.2 Å². The van der Waals surface area contributed by atoms with Gasteiger partial charge < -0.3 is 5.32 Å². The first-order valence-corrected chi connectivity index (χ1v) is 9.81. The van der Waals surface area contributed by atoms with Gasteiger partial charge in [0.2, 0.25) is 0 Å². The quantitative estimate of drug-likeness (QED) is 0.811. The summed E-state index contributed by atoms with van der Waals surface area (Å²) in [7, 11) is -1.47. The molecule has 0 aromatic carbocycles. The molecule has 2 rings (SSSR count). The fraction of sp³-hybridized carbons (Fsp3) is 1.00. The summed E-state index contributed by atoms with van der Waals surface area (Å²) in [6.07, 6.45) is 6.10. The van der Waals surface area contributed by atoms with Crippen LogP contribution in [0.1, 0.15) is 52.4 Å². The lowest BCUT2D eigenvalue weighted by Gasteiger charge is -2.37. The lowest BCUT2D eigenvalue weighted by atomic mass is 9.79. The first kappa shape index (κ1) is 17.2. The van der Waals surface area contributed by atoms with Gasteiger partial charge in [0.05, 0.1) is 0 Å². The third-order valence-corrected chi connectivity index (χ3v) is 6.96. The summed E-state index contributed by atoms with van der Waals surface area (Å²) in [6, 6.07) is 0.208. The molecule has 1 aliphatic carbocycles. The van der Waals surface area contributed by atoms with Crippen LogP contribution in [0.3, 0.4) is 0 Å². The lowest BCUT2D eigenvalue weighted by Crippen LogP contribution is -2.54. The second kappa shape index (κ2) is 7.40. The minimum Gasteiger partial charge on any atom is -0.318 e. The van der Waals surface area contributed by atoms with E-state index < -0.39 is 10.2 Å². The van der Waals surface area contributed by atoms with E-state index in [1.165, 1.54) is 0 Å². The Morgan fingerprint density at radius 3 is 2.52 bits per heavy atom. The van der Waals surface area contributed by atoms with Gasteiger partial charge in [-0.3, -0.25) is 0 Å². The van der Waals surface area contributed by atoms with Crippen LogP contribution in [0, 0.1) is 11.8 Å². The van der Waals surface area contributed by atoms with Crippen LogP contribution in [0.15, 0.2) is 0 Å². The summed E-state index contributed by atoms with van der Waals surface area (Å²) in [5.74, 6) is 1.30. The van der Waals surface area contributed by atoms with Crippen LogP contribution in [0.4, 0.5) is 0 Å². The highest BCUT2D eigenvalue weighted by atomic mass is 32.2. The Balaban J connectivity index is 1.99. The molecule has 1 saturated carbocycles. The molecule has 4 unspecified atom stereocenters. The maximum absolute atomic E-state index is 12.7. The molecule has 2 aliphatic rings. The number of piperidine rings is 1. The normalized spacial score (nSPS) is 35.8. The van der Waals surface area contributed by atoms with Gasteiger partial charge in [0.15, 0.2) is 0 Å². The van der Waals surface area contributed by atoms with Crippen molar-refractivity contribution in [3.63, 3.8) is 0 Å². The molecule has 1 aliphatic heterocycles. The minimum atomic E-state index is -3.35. The molecule has 21 heavy (non-hydrogen) atoms. The van der Waals surface area contributed by atoms with Crippen molar-refractivity contribution in [1.82, 2.24) is 14.3 Å². The molecule has 0 aromatic heterocycles. The van der Waals surface area contributed by atoms with E-state index in [0.29, 0.717) is 18.4 Å². The largest absolute Gasteiger partial charge is 0.318 e. The van der Waals surface area contributed by atoms with E-state index in [1.54, 1.807) is 4.31 Å². The average Bonchev–Trinajstić information content (AvgIpc) is 2.43. The maximum atomic E-state index is 12.7. The molecule has 1 saturated heterocycles. The molecule has 0 amide bonds. The number of hydrogen-bond donors (Lipinski definition) is 2. The monoisotopic (exact) mass is 317 g/mol. The standard InChI is InChI=1S/C15H31N3O2S/c1-12-7-8-14(10-13(12)2)17-21(19,20)18-9-5-4-6-15(18)11-16-3/h12-17H,4-11H2,1-3H3. The van der Waals surface area contributed by atoms with Crippen molar-refractivity contribution in [2.75, 3.05) is 20.1 Å². The zero-order chi connectivity index (χ0) is 15.5. The number of nitrogens with zero attached hydrogens (tertiary/aromatic N) is 1. The molecule has 4 atom stereocenters. The Labute approximate surface area is 130 Å². The van der Waals surface area contributed by atoms with Gasteiger partial charge in [0, 0.05) is 25.2 Å². The van der Waals surface area contributed by atoms with Crippen LogP contribution in [0.2, 0.25) is 0 Å². The Bertz CT molecular complexity index is 425. The molecule has 6 heteroatoms. The van der Waals surface area contributed by atoms with Gasteiger partial charge in [-0.25, -0.2) is 0 Å². The van der Waals surface area contributed by atoms with Gasteiger partial charge in [-0.15, -0.1) is 0 Å². The van der Waals surface area contributed by atoms with Crippen molar-refractivity contribution in [2.24, 2.45) is 11.8 Å². The molecule has 2 N–H and O–H groups in total. The van der Waals surface area contributed by atoms with Crippen LogP contribution >= 0.6 is 0 Å². The first-order valence-electron chi connectivity index (χ1n) is 8.37. The number of rotatable bonds is 5. The van der Waals surface area contributed by atoms with Crippen LogP contribution in [0.25, 0.3) is 0 Å². The molecule has 1 heterocycles. The Morgan fingerprint density at radius 1 is 1.10 bits per heavy atom. The van der Waals surface area contributed by atoms with Crippen molar-refractivity contribution in [3.05, 3.63) is 0 Å². The van der Waals surface area contributed by atoms with E-state index in [4.69, 9.17) is 0 Å². The van der Waals surface area contributed by atoms with E-state index in [0.717, 1.165) is 45.1 Å². The molecule has 124 valence electrons. The molecule has 0 spiro atoms. The molecule has 0 aromatic rings. The van der Waals surface area contributed by atoms with Crippen molar-refractivity contribution in [2.45, 2.75) is 64.5 Å². The third kappa shape index (κ3) is 4.41. The van der Waals surface area contributed by atoms with Gasteiger partial charge in [-0.1, -0.05) is 20.3 Å². The Kier molecular flexibility index (Phi) is 6.05. The van der Waals surface area contributed by atoms with Gasteiger partial charge in [0.25, 0.3) is 10.2 Å². The highest BCUT2D eigenvalue weighted by molar-refractivity contribution is 7.87. The SMILES string of the molecule is CNCC1CCCCN1S(=O)(=O)NC1CCC(C)C(C)C1. The summed E-state index contributed by atoms with van der Waals surface area (Å²) < 4.78 is 30.1. The van der Waals surface area contributed by atoms with Crippen LogP contribution in [0.5, 0.6) is 0 Å². The van der Waals surface area contributed by atoms with Gasteiger partial charge in [0.1, 0.15) is 0 Å². The van der Waals surface area contributed by atoms with Crippen LogP contribution < -0.4 is 10.0 Å². The second-order valence-corrected chi connectivity index (χ2v) is 8.56. The van der Waals surface area contributed by atoms with Crippen molar-refractivity contribution in [1.29, 1.82) is 0 Å². The summed E-state index contributed by atoms with van der Waals surface area (Å²) >= 11 is 0. The first-order chi connectivity index (χ1) is 9.94. The predicted molar refractivity (Wildman–Crippen MR) is 86.3 cm³/mol. The fourth-order valence-corrected chi connectivity index (χ4v) is 5.38. The number of likely N-dealkylation sites (N-methyl/N-ethyl adjacent to an activating group) is 1. The third-order valence-electron chi connectivity index (χ3n) is 5.24. The van der Waals surface area contributed by atoms with E-state index in [2.05, 4.69) is 23.9 Å². The van der Waals surface area contributed by atoms with E-state index in [-0.39, 0.29) is 12.1 Å². The molecule has 0 bridgehead atoms. The summed E-state index contributed by atoms with van der Waals surface area (Å²) in [6.45, 7) is 5.89. The predicted octanol–water partition coefficient (Wildman–Crippen LogP) is 1.72. The smallest absolute Gasteiger partial charge is 0.279 e. The molecule has 0 radical (unpaired) electrons. The van der Waals surface area contributed by atoms with Gasteiger partial charge >= 0.3 is 0 Å². The summed E-state index contributed by atoms with van der Waals surface area (Å²) in [5, 5.41) is 3.12. The fourth-order valence-electron chi connectivity index (χ4n) is 3.66. The van der Waals surface area contributed by atoms with Crippen LogP contribution in [-0.4, -0.2) is 44.9 Å². The highest BCUT2D eigenvalue weighted by Crippen LogP contribution is 2.30. The zero-order valence-corrected chi connectivity index (χ0v) is 14.5. The molecule has 5 nitrogen and oxygen atoms in total. The molecular formula is C15H31N3O2S. The van der Waals surface area contributed by atoms with E-state index in [9.17, 15) is 8.42 Å². The van der Waals surface area contributed by atoms with E-state index >= 15 is 0 Å². The minimum absolute atomic E-state index is 0.0983. The molecular weight excluding hydrogens is 286 g/mol. The van der Waals surface area contributed by atoms with Gasteiger partial charge in [-0.05, 0) is 51.0 Å². The summed E-state index contributed by atoms with van der Waals surface area (Å²) in [5.41, 5.74) is 0. The summed E-state index contributed by atoms with van der Waals surface area (Å²) in [4.78, 5) is 0. The average molecular weight is 317 g/mol. The van der Waals surface area contributed by atoms with E-state index in [1.807, 2.05) is 7.05 Å². The maximum Gasteiger partial charge on any atom is 0.279 e. The number of hydrogen-bond acceptors (Lipinski definition) is 3. The Morgan fingerprint density at radius 2 is 1.86 bits per heavy atom. The van der Waals surface area contributed by atoms with Crippen molar-refractivity contribution < 1.29 is 8.42 Å². The van der Waals surface area contributed by atoms with Crippen LogP contribution in [-0.2, 0) is 10.2 Å². The Hall–Kier alpha value is -0.170. The highest BCUT2D eigenvalue weighted by Gasteiger charge is 2.35. The second-order valence-electron chi connectivity index (χ2n) is 6.91. The number of nitrogens with one attached hydrogen (secondary N) is 2. The molecule has 2 fully saturated rings. The lowest BCUT2D eigenvalue weighted by molar-refractivity contribution is 0.224. The zero-order valence-electron chi connectivity index (χ0n) is 13.6. The topological polar surface area (TPSA) is 61.4 Å². The van der Waals surface area contributed by atoms with Crippen molar-refractivity contribution in [3.8, 4) is 0 Å². The van der Waals surface area contributed by atoms with Gasteiger partial charge in [-0.2, -0.15) is 17.4 Å².